The maximum Gasteiger partial charge on any atom is 0.287 e. The number of anilines is 1. The van der Waals surface area contributed by atoms with Gasteiger partial charge in [-0.25, -0.2) is 4.98 Å². The number of nitro groups is 1. The van der Waals surface area contributed by atoms with E-state index in [1.165, 1.54) is 27.6 Å². The molecule has 0 spiro atoms. The van der Waals surface area contributed by atoms with Gasteiger partial charge in [0.25, 0.3) is 5.69 Å². The summed E-state index contributed by atoms with van der Waals surface area (Å²) in [6.45, 7) is 4.86. The Kier molecular flexibility index (Phi) is 3.57. The van der Waals surface area contributed by atoms with Crippen LogP contribution in [0, 0.1) is 24.0 Å². The summed E-state index contributed by atoms with van der Waals surface area (Å²) in [5.41, 5.74) is 1.29. The van der Waals surface area contributed by atoms with Crippen molar-refractivity contribution < 1.29 is 4.92 Å². The third kappa shape index (κ3) is 2.84. The summed E-state index contributed by atoms with van der Waals surface area (Å²) in [6.07, 6.45) is 1.26. The molecular weight excluding hydrogens is 250 g/mol. The fourth-order valence-corrected chi connectivity index (χ4v) is 2.51. The summed E-state index contributed by atoms with van der Waals surface area (Å²) in [6, 6.07) is 5.20. The molecule has 0 bridgehead atoms. The number of aryl methyl sites for hydroxylation is 2. The highest BCUT2D eigenvalue weighted by Gasteiger charge is 2.05. The van der Waals surface area contributed by atoms with E-state index < -0.39 is 4.92 Å². The molecule has 0 fully saturated rings. The van der Waals surface area contributed by atoms with Gasteiger partial charge in [0.2, 0.25) is 0 Å². The Hall–Kier alpha value is -1.95. The van der Waals surface area contributed by atoms with Gasteiger partial charge in [-0.1, -0.05) is 0 Å². The molecule has 0 saturated carbocycles. The lowest BCUT2D eigenvalue weighted by molar-refractivity contribution is -0.385. The Morgan fingerprint density at radius 2 is 2.22 bits per heavy atom. The molecule has 2 aromatic heterocycles. The Morgan fingerprint density at radius 1 is 1.44 bits per heavy atom. The zero-order chi connectivity index (χ0) is 13.1. The van der Waals surface area contributed by atoms with E-state index in [1.807, 2.05) is 0 Å². The monoisotopic (exact) mass is 263 g/mol. The van der Waals surface area contributed by atoms with E-state index in [-0.39, 0.29) is 5.69 Å². The Bertz CT molecular complexity index is 544. The SMILES string of the molecule is Cc1cc(CNc2ccc([N+](=O)[O-])cn2)sc1C. The minimum Gasteiger partial charge on any atom is -0.365 e. The molecule has 0 atom stereocenters. The number of hydrogen-bond donors (Lipinski definition) is 1. The predicted octanol–water partition coefficient (Wildman–Crippen LogP) is 3.28. The van der Waals surface area contributed by atoms with Gasteiger partial charge in [-0.3, -0.25) is 10.1 Å². The number of nitrogens with zero attached hydrogens (tertiary/aromatic N) is 2. The number of rotatable bonds is 4. The number of pyridine rings is 1. The summed E-state index contributed by atoms with van der Waals surface area (Å²) < 4.78 is 0. The highest BCUT2D eigenvalue weighted by atomic mass is 32.1. The number of aromatic nitrogens is 1. The predicted molar refractivity (Wildman–Crippen MR) is 72.0 cm³/mol. The van der Waals surface area contributed by atoms with Gasteiger partial charge in [0, 0.05) is 15.8 Å². The van der Waals surface area contributed by atoms with Crippen molar-refractivity contribution in [3.05, 3.63) is 49.8 Å². The number of thiophene rings is 1. The quantitative estimate of drug-likeness (QED) is 0.679. The molecule has 0 amide bonds. The Morgan fingerprint density at radius 3 is 2.72 bits per heavy atom. The summed E-state index contributed by atoms with van der Waals surface area (Å²) in [7, 11) is 0. The van der Waals surface area contributed by atoms with Gasteiger partial charge in [0.1, 0.15) is 12.0 Å². The van der Waals surface area contributed by atoms with Crippen molar-refractivity contribution in [2.24, 2.45) is 0 Å². The van der Waals surface area contributed by atoms with Crippen molar-refractivity contribution in [2.45, 2.75) is 20.4 Å². The topological polar surface area (TPSA) is 68.1 Å². The Labute approximate surface area is 109 Å². The molecule has 6 heteroatoms. The summed E-state index contributed by atoms with van der Waals surface area (Å²) in [4.78, 5) is 16.6. The van der Waals surface area contributed by atoms with Gasteiger partial charge in [-0.05, 0) is 31.5 Å². The number of nitrogens with one attached hydrogen (secondary N) is 1. The van der Waals surface area contributed by atoms with Crippen molar-refractivity contribution >= 4 is 22.8 Å². The average molecular weight is 263 g/mol. The summed E-state index contributed by atoms with van der Waals surface area (Å²) in [5.74, 6) is 0.643. The smallest absolute Gasteiger partial charge is 0.287 e. The van der Waals surface area contributed by atoms with Crippen molar-refractivity contribution in [3.8, 4) is 0 Å². The molecule has 1 N–H and O–H groups in total. The number of hydrogen-bond acceptors (Lipinski definition) is 5. The summed E-state index contributed by atoms with van der Waals surface area (Å²) in [5, 5.41) is 13.6. The van der Waals surface area contributed by atoms with Crippen LogP contribution in [0.3, 0.4) is 0 Å². The van der Waals surface area contributed by atoms with Crippen LogP contribution in [0.1, 0.15) is 15.3 Å². The van der Waals surface area contributed by atoms with Gasteiger partial charge in [0.05, 0.1) is 11.5 Å². The first-order valence-corrected chi connectivity index (χ1v) is 6.28. The van der Waals surface area contributed by atoms with Crippen LogP contribution in [0.2, 0.25) is 0 Å². The van der Waals surface area contributed by atoms with Crippen LogP contribution in [0.15, 0.2) is 24.4 Å². The second kappa shape index (κ2) is 5.14. The molecule has 94 valence electrons. The highest BCUT2D eigenvalue weighted by molar-refractivity contribution is 7.12. The van der Waals surface area contributed by atoms with Gasteiger partial charge in [-0.15, -0.1) is 11.3 Å². The van der Waals surface area contributed by atoms with E-state index in [2.05, 4.69) is 30.2 Å². The molecule has 2 rings (SSSR count). The van der Waals surface area contributed by atoms with Gasteiger partial charge in [0.15, 0.2) is 0 Å². The molecule has 0 aliphatic rings. The van der Waals surface area contributed by atoms with Crippen LogP contribution in [0.5, 0.6) is 0 Å². The zero-order valence-electron chi connectivity index (χ0n) is 10.1. The molecule has 2 aromatic rings. The highest BCUT2D eigenvalue weighted by Crippen LogP contribution is 2.21. The molecule has 0 unspecified atom stereocenters. The van der Waals surface area contributed by atoms with Crippen LogP contribution < -0.4 is 5.32 Å². The molecule has 0 aromatic carbocycles. The fraction of sp³-hybridized carbons (Fsp3) is 0.250. The second-order valence-corrected chi connectivity index (χ2v) is 5.31. The van der Waals surface area contributed by atoms with E-state index in [0.29, 0.717) is 12.4 Å². The van der Waals surface area contributed by atoms with Crippen molar-refractivity contribution in [1.29, 1.82) is 0 Å². The van der Waals surface area contributed by atoms with Crippen molar-refractivity contribution in [3.63, 3.8) is 0 Å². The minimum absolute atomic E-state index is 0.00311. The standard InChI is InChI=1S/C12H13N3O2S/c1-8-5-11(18-9(8)2)7-14-12-4-3-10(6-13-12)15(16)17/h3-6H,7H2,1-2H3,(H,13,14). The molecule has 0 saturated heterocycles. The molecule has 0 aliphatic carbocycles. The lowest BCUT2D eigenvalue weighted by atomic mass is 10.3. The molecule has 0 radical (unpaired) electrons. The molecule has 0 aliphatic heterocycles. The fourth-order valence-electron chi connectivity index (χ4n) is 1.51. The van der Waals surface area contributed by atoms with Gasteiger partial charge < -0.3 is 5.32 Å². The first kappa shape index (κ1) is 12.5. The largest absolute Gasteiger partial charge is 0.365 e. The molecule has 5 nitrogen and oxygen atoms in total. The second-order valence-electron chi connectivity index (χ2n) is 3.96. The van der Waals surface area contributed by atoms with Crippen LogP contribution in [-0.4, -0.2) is 9.91 Å². The van der Waals surface area contributed by atoms with E-state index >= 15 is 0 Å². The summed E-state index contributed by atoms with van der Waals surface area (Å²) >= 11 is 1.74. The molecule has 18 heavy (non-hydrogen) atoms. The van der Waals surface area contributed by atoms with E-state index in [4.69, 9.17) is 0 Å². The maximum atomic E-state index is 10.5. The normalized spacial score (nSPS) is 10.3. The lowest BCUT2D eigenvalue weighted by Gasteiger charge is -2.02. The first-order chi connectivity index (χ1) is 8.56. The van der Waals surface area contributed by atoms with E-state index in [9.17, 15) is 10.1 Å². The lowest BCUT2D eigenvalue weighted by Crippen LogP contribution is -2.00. The zero-order valence-corrected chi connectivity index (χ0v) is 11.0. The first-order valence-electron chi connectivity index (χ1n) is 5.46. The van der Waals surface area contributed by atoms with Gasteiger partial charge >= 0.3 is 0 Å². The molecular formula is C12H13N3O2S. The molecule has 2 heterocycles. The van der Waals surface area contributed by atoms with Crippen LogP contribution in [0.4, 0.5) is 11.5 Å². The van der Waals surface area contributed by atoms with Crippen molar-refractivity contribution in [2.75, 3.05) is 5.32 Å². The average Bonchev–Trinajstić information content (AvgIpc) is 2.67. The third-order valence-corrected chi connectivity index (χ3v) is 3.77. The Balaban J connectivity index is 2.00. The van der Waals surface area contributed by atoms with Crippen LogP contribution in [-0.2, 0) is 6.54 Å². The van der Waals surface area contributed by atoms with Crippen LogP contribution in [0.25, 0.3) is 0 Å². The van der Waals surface area contributed by atoms with E-state index in [0.717, 1.165) is 0 Å². The van der Waals surface area contributed by atoms with E-state index in [1.54, 1.807) is 17.4 Å². The van der Waals surface area contributed by atoms with Crippen LogP contribution >= 0.6 is 11.3 Å². The van der Waals surface area contributed by atoms with Gasteiger partial charge in [-0.2, -0.15) is 0 Å². The minimum atomic E-state index is -0.456. The third-order valence-electron chi connectivity index (χ3n) is 2.62. The maximum absolute atomic E-state index is 10.5. The van der Waals surface area contributed by atoms with Crippen molar-refractivity contribution in [1.82, 2.24) is 4.98 Å².